The Morgan fingerprint density at radius 1 is 1.05 bits per heavy atom. The number of imide groups is 1. The van der Waals surface area contributed by atoms with Gasteiger partial charge in [-0.15, -0.1) is 4.90 Å². The number of ether oxygens (including phenoxy) is 1. The molecule has 0 radical (unpaired) electrons. The molecule has 0 saturated carbocycles. The van der Waals surface area contributed by atoms with E-state index in [1.54, 1.807) is 46.9 Å². The van der Waals surface area contributed by atoms with Crippen molar-refractivity contribution >= 4 is 41.0 Å². The maximum absolute atomic E-state index is 15.3. The molecule has 11 nitrogen and oxygen atoms in total. The molecule has 1 aliphatic rings. The van der Waals surface area contributed by atoms with Crippen molar-refractivity contribution < 1.29 is 32.5 Å². The Kier molecular flexibility index (Phi) is 6.98. The van der Waals surface area contributed by atoms with Gasteiger partial charge in [-0.3, -0.25) is 4.79 Å². The van der Waals surface area contributed by atoms with Crippen LogP contribution in [0.5, 0.6) is 11.5 Å². The zero-order chi connectivity index (χ0) is 30.2. The number of hydrogen-bond acceptors (Lipinski definition) is 6. The molecule has 1 unspecified atom stereocenters. The van der Waals surface area contributed by atoms with Crippen molar-refractivity contribution in [1.82, 2.24) is 19.2 Å². The normalized spacial score (nSPS) is 15.1. The fourth-order valence-corrected chi connectivity index (χ4v) is 4.70. The van der Waals surface area contributed by atoms with E-state index < -0.39 is 35.4 Å². The summed E-state index contributed by atoms with van der Waals surface area (Å²) in [7, 11) is 1.85. The van der Waals surface area contributed by atoms with Crippen molar-refractivity contribution in [2.24, 2.45) is 13.0 Å². The number of rotatable bonds is 7. The van der Waals surface area contributed by atoms with E-state index in [1.807, 2.05) is 13.2 Å². The van der Waals surface area contributed by atoms with Crippen LogP contribution in [0, 0.1) is 17.6 Å². The lowest BCUT2D eigenvalue weighted by Crippen LogP contribution is -2.54. The molecule has 216 valence electrons. The lowest BCUT2D eigenvalue weighted by molar-refractivity contribution is -0.419. The van der Waals surface area contributed by atoms with E-state index in [1.165, 1.54) is 35.1 Å². The third kappa shape index (κ3) is 5.23. The number of benzene rings is 2. The number of nitrogens with one attached hydrogen (secondary N) is 1. The highest BCUT2D eigenvalue weighted by Gasteiger charge is 2.47. The number of carbonyl (C=O) groups excluding carboxylic acids is 3. The van der Waals surface area contributed by atoms with Crippen LogP contribution in [0.25, 0.3) is 16.8 Å². The van der Waals surface area contributed by atoms with Gasteiger partial charge in [-0.05, 0) is 55.5 Å². The number of anilines is 2. The van der Waals surface area contributed by atoms with E-state index in [2.05, 4.69) is 15.4 Å². The number of nitrogens with zero attached hydrogens (tertiary/aromatic N) is 6. The van der Waals surface area contributed by atoms with Crippen LogP contribution in [0.2, 0.25) is 0 Å². The van der Waals surface area contributed by atoms with Crippen LogP contribution in [0.4, 0.5) is 25.0 Å². The summed E-state index contributed by atoms with van der Waals surface area (Å²) in [6.07, 6.45) is 8.09. The summed E-state index contributed by atoms with van der Waals surface area (Å²) in [5.41, 5.74) is 2.18. The summed E-state index contributed by atoms with van der Waals surface area (Å²) < 4.78 is 39.3. The van der Waals surface area contributed by atoms with Gasteiger partial charge >= 0.3 is 11.9 Å². The second-order valence-corrected chi connectivity index (χ2v) is 9.76. The average molecular weight is 585 g/mol. The highest BCUT2D eigenvalue weighted by atomic mass is 19.1. The number of carbonyl (C=O) groups is 3. The first-order chi connectivity index (χ1) is 20.7. The maximum atomic E-state index is 15.3. The summed E-state index contributed by atoms with van der Waals surface area (Å²) in [4.78, 5) is 44.5. The van der Waals surface area contributed by atoms with Crippen molar-refractivity contribution in [3.8, 4) is 22.8 Å². The van der Waals surface area contributed by atoms with Crippen molar-refractivity contribution in [3.63, 3.8) is 0 Å². The number of imidazole rings is 1. The van der Waals surface area contributed by atoms with E-state index in [9.17, 15) is 18.8 Å². The zero-order valence-electron chi connectivity index (χ0n) is 22.9. The minimum absolute atomic E-state index is 0.0704. The van der Waals surface area contributed by atoms with Crippen molar-refractivity contribution in [2.45, 2.75) is 6.92 Å². The van der Waals surface area contributed by atoms with Gasteiger partial charge in [0.2, 0.25) is 5.91 Å². The number of hydrogen-bond donors (Lipinski definition) is 1. The second kappa shape index (κ2) is 10.9. The smallest absolute Gasteiger partial charge is 0.452 e. The Morgan fingerprint density at radius 3 is 2.53 bits per heavy atom. The van der Waals surface area contributed by atoms with Crippen LogP contribution in [-0.4, -0.2) is 54.3 Å². The number of halogens is 2. The summed E-state index contributed by atoms with van der Waals surface area (Å²) in [5, 5.41) is 6.80. The first kappa shape index (κ1) is 27.4. The molecule has 6 rings (SSSR count). The molecule has 4 amide bonds. The number of urea groups is 1. The predicted octanol–water partition coefficient (Wildman–Crippen LogP) is 4.63. The van der Waals surface area contributed by atoms with Crippen molar-refractivity contribution in [3.05, 3.63) is 91.1 Å². The molecule has 2 aromatic carbocycles. The van der Waals surface area contributed by atoms with Crippen molar-refractivity contribution in [1.29, 1.82) is 0 Å². The first-order valence-corrected chi connectivity index (χ1v) is 13.2. The highest BCUT2D eigenvalue weighted by Crippen LogP contribution is 2.33. The molecule has 3 aromatic heterocycles. The molecular weight excluding hydrogens is 560 g/mol. The van der Waals surface area contributed by atoms with E-state index in [-0.39, 0.29) is 23.7 Å². The summed E-state index contributed by atoms with van der Waals surface area (Å²) >= 11 is 0. The van der Waals surface area contributed by atoms with Gasteiger partial charge in [0.1, 0.15) is 17.0 Å². The van der Waals surface area contributed by atoms with Crippen LogP contribution >= 0.6 is 0 Å². The molecule has 0 bridgehead atoms. The Morgan fingerprint density at radius 2 is 1.84 bits per heavy atom. The number of pyridine rings is 1. The largest absolute Gasteiger partial charge is 0.505 e. The Hall–Kier alpha value is -5.72. The quantitative estimate of drug-likeness (QED) is 0.221. The molecule has 1 aliphatic heterocycles. The molecular formula is C30H24F2N7O4+. The van der Waals surface area contributed by atoms with E-state index in [4.69, 9.17) is 4.74 Å². The van der Waals surface area contributed by atoms with Gasteiger partial charge < -0.3 is 14.6 Å². The minimum atomic E-state index is -1.40. The van der Waals surface area contributed by atoms with Crippen molar-refractivity contribution in [2.75, 3.05) is 16.8 Å². The van der Waals surface area contributed by atoms with Gasteiger partial charge in [-0.25, -0.2) is 27.7 Å². The highest BCUT2D eigenvalue weighted by molar-refractivity contribution is 6.28. The van der Waals surface area contributed by atoms with E-state index >= 15 is 4.39 Å². The van der Waals surface area contributed by atoms with Gasteiger partial charge in [0, 0.05) is 36.8 Å². The van der Waals surface area contributed by atoms with Crippen LogP contribution in [-0.2, 0) is 16.6 Å². The number of amides is 4. The monoisotopic (exact) mass is 584 g/mol. The van der Waals surface area contributed by atoms with E-state index in [0.717, 1.165) is 23.1 Å². The fourth-order valence-electron chi connectivity index (χ4n) is 4.70. The SMILES string of the molecule is CC[N+]1=CC(C(=O)Nc2ccc(Oc3cc(-c4cn(C)cn4)cn4nccc34)c(F)c2)C(=O)N(c2ccc(F)cc2)C1=O. The summed E-state index contributed by atoms with van der Waals surface area (Å²) in [6.45, 7) is 1.86. The predicted molar refractivity (Wildman–Crippen MR) is 152 cm³/mol. The Balaban J connectivity index is 1.24. The molecule has 0 aliphatic carbocycles. The molecule has 1 atom stereocenters. The van der Waals surface area contributed by atoms with Gasteiger partial charge in [-0.2, -0.15) is 9.89 Å². The van der Waals surface area contributed by atoms with Gasteiger partial charge in [0.25, 0.3) is 0 Å². The Labute approximate surface area is 243 Å². The number of fused-ring (bicyclic) bond motifs is 1. The molecule has 0 saturated heterocycles. The third-order valence-corrected chi connectivity index (χ3v) is 6.85. The summed E-state index contributed by atoms with van der Waals surface area (Å²) in [5.74, 6) is -4.08. The van der Waals surface area contributed by atoms with Gasteiger partial charge in [-0.1, -0.05) is 0 Å². The topological polar surface area (TPSA) is 114 Å². The van der Waals surface area contributed by atoms with Crippen LogP contribution in [0.3, 0.4) is 0 Å². The fraction of sp³-hybridized carbons (Fsp3) is 0.133. The molecule has 4 heterocycles. The number of aryl methyl sites for hydroxylation is 1. The molecule has 5 aromatic rings. The summed E-state index contributed by atoms with van der Waals surface area (Å²) in [6, 6.07) is 11.4. The van der Waals surface area contributed by atoms with Gasteiger partial charge in [0.05, 0.1) is 31.0 Å². The standard InChI is InChI=1S/C30H23F2N7O4/c1-3-37-15-22(29(41)39(30(37)42)21-7-4-19(31)5-8-21)28(40)35-20-6-9-26(23(32)13-20)43-27-12-18(24-16-36(2)17-33-24)14-38-25(27)10-11-34-38/h4-17,22H,3H2,1-2H3/p+1. The second-order valence-electron chi connectivity index (χ2n) is 9.76. The maximum Gasteiger partial charge on any atom is 0.505 e. The minimum Gasteiger partial charge on any atom is -0.452 e. The zero-order valence-corrected chi connectivity index (χ0v) is 22.9. The molecule has 0 fully saturated rings. The molecule has 0 spiro atoms. The lowest BCUT2D eigenvalue weighted by Gasteiger charge is -2.22. The van der Waals surface area contributed by atoms with Crippen LogP contribution in [0.15, 0.2) is 79.5 Å². The average Bonchev–Trinajstić information content (AvgIpc) is 3.65. The van der Waals surface area contributed by atoms with E-state index in [0.29, 0.717) is 22.5 Å². The number of aromatic nitrogens is 4. The molecule has 43 heavy (non-hydrogen) atoms. The van der Waals surface area contributed by atoms with Crippen LogP contribution in [0.1, 0.15) is 6.92 Å². The lowest BCUT2D eigenvalue weighted by atomic mass is 10.1. The molecule has 1 N–H and O–H groups in total. The van der Waals surface area contributed by atoms with Crippen LogP contribution < -0.4 is 15.0 Å². The van der Waals surface area contributed by atoms with Gasteiger partial charge in [0.15, 0.2) is 23.2 Å². The molecule has 13 heteroatoms. The third-order valence-electron chi connectivity index (χ3n) is 6.85. The first-order valence-electron chi connectivity index (χ1n) is 13.2. The Bertz CT molecular complexity index is 1930.